The molecule has 1 unspecified atom stereocenters. The van der Waals surface area contributed by atoms with Crippen LogP contribution >= 0.6 is 11.8 Å². The van der Waals surface area contributed by atoms with Gasteiger partial charge in [-0.05, 0) is 26.7 Å². The van der Waals surface area contributed by atoms with Crippen molar-refractivity contribution in [1.29, 1.82) is 0 Å². The highest BCUT2D eigenvalue weighted by atomic mass is 32.2. The van der Waals surface area contributed by atoms with E-state index in [9.17, 15) is 0 Å². The number of hydrogen-bond acceptors (Lipinski definition) is 3. The number of thioether (sulfide) groups is 1. The van der Waals surface area contributed by atoms with Crippen molar-refractivity contribution in [2.45, 2.75) is 57.9 Å². The molecule has 0 saturated heterocycles. The molecule has 0 bridgehead atoms. The molecule has 1 aromatic rings. The molecular formula is C12H23N3S. The van der Waals surface area contributed by atoms with E-state index in [0.29, 0.717) is 17.2 Å². The number of nitrogens with zero attached hydrogens (tertiary/aromatic N) is 2. The van der Waals surface area contributed by atoms with Gasteiger partial charge in [0.2, 0.25) is 0 Å². The fourth-order valence-corrected chi connectivity index (χ4v) is 2.58. The smallest absolute Gasteiger partial charge is 0.118 e. The van der Waals surface area contributed by atoms with E-state index in [2.05, 4.69) is 39.7 Å². The molecule has 0 spiro atoms. The molecule has 0 aromatic carbocycles. The highest BCUT2D eigenvalue weighted by molar-refractivity contribution is 8.00. The summed E-state index contributed by atoms with van der Waals surface area (Å²) in [7, 11) is 0. The molecule has 16 heavy (non-hydrogen) atoms. The van der Waals surface area contributed by atoms with Gasteiger partial charge in [-0.1, -0.05) is 20.8 Å². The minimum absolute atomic E-state index is 0.359. The van der Waals surface area contributed by atoms with Crippen LogP contribution in [0.2, 0.25) is 0 Å². The number of nitrogen functional groups attached to an aromatic ring is 1. The van der Waals surface area contributed by atoms with Gasteiger partial charge >= 0.3 is 0 Å². The molecule has 0 aliphatic carbocycles. The summed E-state index contributed by atoms with van der Waals surface area (Å²) in [5.41, 5.74) is 7.86. The second kappa shape index (κ2) is 5.13. The highest BCUT2D eigenvalue weighted by Crippen LogP contribution is 2.35. The van der Waals surface area contributed by atoms with Crippen molar-refractivity contribution < 1.29 is 0 Å². The van der Waals surface area contributed by atoms with E-state index in [0.717, 1.165) is 16.4 Å². The van der Waals surface area contributed by atoms with E-state index in [4.69, 9.17) is 5.73 Å². The molecule has 0 radical (unpaired) electrons. The van der Waals surface area contributed by atoms with Gasteiger partial charge in [0.15, 0.2) is 0 Å². The van der Waals surface area contributed by atoms with Crippen LogP contribution in [0, 0.1) is 12.8 Å². The van der Waals surface area contributed by atoms with Crippen LogP contribution in [0.3, 0.4) is 0 Å². The van der Waals surface area contributed by atoms with Crippen molar-refractivity contribution in [1.82, 2.24) is 9.78 Å². The van der Waals surface area contributed by atoms with Crippen molar-refractivity contribution in [2.75, 3.05) is 5.73 Å². The van der Waals surface area contributed by atoms with Gasteiger partial charge in [-0.15, -0.1) is 11.8 Å². The van der Waals surface area contributed by atoms with Crippen LogP contribution < -0.4 is 5.73 Å². The standard InChI is InChI=1S/C12H23N3S/c1-7(2)10(6)16-12-11(13)9(5)14-15(12)8(3)4/h7-8,10H,13H2,1-6H3. The molecule has 1 aromatic heterocycles. The third kappa shape index (κ3) is 2.73. The fraction of sp³-hybridized carbons (Fsp3) is 0.750. The third-order valence-corrected chi connectivity index (χ3v) is 4.36. The lowest BCUT2D eigenvalue weighted by Crippen LogP contribution is -2.10. The van der Waals surface area contributed by atoms with Crippen molar-refractivity contribution in [2.24, 2.45) is 5.92 Å². The number of hydrogen-bond donors (Lipinski definition) is 1. The van der Waals surface area contributed by atoms with Crippen LogP contribution in [0.25, 0.3) is 0 Å². The predicted molar refractivity (Wildman–Crippen MR) is 71.9 cm³/mol. The van der Waals surface area contributed by atoms with Crippen LogP contribution in [-0.4, -0.2) is 15.0 Å². The van der Waals surface area contributed by atoms with Crippen LogP contribution in [-0.2, 0) is 0 Å². The maximum atomic E-state index is 6.09. The van der Waals surface area contributed by atoms with Crippen LogP contribution in [0.4, 0.5) is 5.69 Å². The van der Waals surface area contributed by atoms with Gasteiger partial charge in [0.1, 0.15) is 5.03 Å². The number of anilines is 1. The Balaban J connectivity index is 3.02. The number of aromatic nitrogens is 2. The minimum atomic E-state index is 0.359. The number of nitrogens with two attached hydrogens (primary N) is 1. The Bertz CT molecular complexity index is 355. The molecule has 1 heterocycles. The molecule has 0 aliphatic heterocycles. The van der Waals surface area contributed by atoms with Crippen molar-refractivity contribution in [3.63, 3.8) is 0 Å². The summed E-state index contributed by atoms with van der Waals surface area (Å²) in [5.74, 6) is 0.639. The van der Waals surface area contributed by atoms with Gasteiger partial charge in [-0.25, -0.2) is 0 Å². The summed E-state index contributed by atoms with van der Waals surface area (Å²) in [4.78, 5) is 0. The lowest BCUT2D eigenvalue weighted by Gasteiger charge is -2.17. The van der Waals surface area contributed by atoms with Gasteiger partial charge in [-0.2, -0.15) is 5.10 Å². The predicted octanol–water partition coefficient (Wildman–Crippen LogP) is 3.49. The summed E-state index contributed by atoms with van der Waals surface area (Å²) < 4.78 is 2.04. The molecule has 4 heteroatoms. The summed E-state index contributed by atoms with van der Waals surface area (Å²) in [6, 6.07) is 0.359. The zero-order valence-corrected chi connectivity index (χ0v) is 11.9. The summed E-state index contributed by atoms with van der Waals surface area (Å²) >= 11 is 1.83. The van der Waals surface area contributed by atoms with Gasteiger partial charge in [-0.3, -0.25) is 4.68 Å². The molecule has 0 amide bonds. The summed E-state index contributed by atoms with van der Waals surface area (Å²) in [5, 5.41) is 6.16. The molecule has 3 nitrogen and oxygen atoms in total. The van der Waals surface area contributed by atoms with E-state index >= 15 is 0 Å². The lowest BCUT2D eigenvalue weighted by atomic mass is 10.2. The Morgan fingerprint density at radius 3 is 2.19 bits per heavy atom. The van der Waals surface area contributed by atoms with E-state index < -0.39 is 0 Å². The first-order chi connectivity index (χ1) is 7.34. The molecular weight excluding hydrogens is 218 g/mol. The molecule has 0 fully saturated rings. The van der Waals surface area contributed by atoms with E-state index in [1.807, 2.05) is 23.4 Å². The first kappa shape index (κ1) is 13.4. The van der Waals surface area contributed by atoms with Crippen molar-refractivity contribution in [3.8, 4) is 0 Å². The monoisotopic (exact) mass is 241 g/mol. The Morgan fingerprint density at radius 2 is 1.75 bits per heavy atom. The number of rotatable bonds is 4. The first-order valence-electron chi connectivity index (χ1n) is 5.85. The average molecular weight is 241 g/mol. The normalized spacial score (nSPS) is 13.8. The maximum absolute atomic E-state index is 6.09. The molecule has 92 valence electrons. The average Bonchev–Trinajstić information content (AvgIpc) is 2.45. The van der Waals surface area contributed by atoms with Gasteiger partial charge in [0.05, 0.1) is 11.4 Å². The SMILES string of the molecule is Cc1nn(C(C)C)c(SC(C)C(C)C)c1N. The Morgan fingerprint density at radius 1 is 1.19 bits per heavy atom. The Labute approximate surface area is 103 Å². The fourth-order valence-electron chi connectivity index (χ4n) is 1.32. The van der Waals surface area contributed by atoms with Crippen LogP contribution in [0.15, 0.2) is 5.03 Å². The van der Waals surface area contributed by atoms with Crippen LogP contribution in [0.1, 0.15) is 46.4 Å². The van der Waals surface area contributed by atoms with Gasteiger partial charge in [0.25, 0.3) is 0 Å². The Kier molecular flexibility index (Phi) is 4.30. The van der Waals surface area contributed by atoms with Crippen LogP contribution in [0.5, 0.6) is 0 Å². The molecule has 1 rings (SSSR count). The first-order valence-corrected chi connectivity index (χ1v) is 6.73. The zero-order chi connectivity index (χ0) is 12.5. The van der Waals surface area contributed by atoms with Crippen molar-refractivity contribution >= 4 is 17.4 Å². The summed E-state index contributed by atoms with van der Waals surface area (Å²) in [6.45, 7) is 12.9. The van der Waals surface area contributed by atoms with Gasteiger partial charge in [0, 0.05) is 11.3 Å². The van der Waals surface area contributed by atoms with Gasteiger partial charge < -0.3 is 5.73 Å². The molecule has 2 N–H and O–H groups in total. The minimum Gasteiger partial charge on any atom is -0.395 e. The highest BCUT2D eigenvalue weighted by Gasteiger charge is 2.19. The largest absolute Gasteiger partial charge is 0.395 e. The molecule has 0 aliphatic rings. The van der Waals surface area contributed by atoms with E-state index in [1.165, 1.54) is 0 Å². The molecule has 0 saturated carbocycles. The van der Waals surface area contributed by atoms with E-state index in [-0.39, 0.29) is 0 Å². The summed E-state index contributed by atoms with van der Waals surface area (Å²) in [6.07, 6.45) is 0. The second-order valence-electron chi connectivity index (χ2n) is 4.91. The van der Waals surface area contributed by atoms with E-state index in [1.54, 1.807) is 0 Å². The number of aryl methyl sites for hydroxylation is 1. The second-order valence-corrected chi connectivity index (χ2v) is 6.28. The maximum Gasteiger partial charge on any atom is 0.118 e. The third-order valence-electron chi connectivity index (χ3n) is 2.81. The quantitative estimate of drug-likeness (QED) is 0.821. The molecule has 1 atom stereocenters. The zero-order valence-electron chi connectivity index (χ0n) is 11.1. The lowest BCUT2D eigenvalue weighted by molar-refractivity contribution is 0.489. The topological polar surface area (TPSA) is 43.8 Å². The Hall–Kier alpha value is -0.640. The van der Waals surface area contributed by atoms with Crippen molar-refractivity contribution in [3.05, 3.63) is 5.69 Å².